The molecule has 0 saturated carbocycles. The number of carbonyl (C=O) groups is 1. The van der Waals surface area contributed by atoms with Gasteiger partial charge in [-0.15, -0.1) is 0 Å². The average Bonchev–Trinajstić information content (AvgIpc) is 2.08. The van der Waals surface area contributed by atoms with Gasteiger partial charge in [-0.3, -0.25) is 9.59 Å². The number of nitrogens with zero attached hydrogens (tertiary/aromatic N) is 1. The fourth-order valence-corrected chi connectivity index (χ4v) is 1.26. The summed E-state index contributed by atoms with van der Waals surface area (Å²) in [7, 11) is 0. The average molecular weight is 200 g/mol. The van der Waals surface area contributed by atoms with Gasteiger partial charge in [0.15, 0.2) is 0 Å². The number of halogens is 1. The van der Waals surface area contributed by atoms with E-state index in [1.165, 1.54) is 4.57 Å². The van der Waals surface area contributed by atoms with E-state index in [4.69, 9.17) is 11.6 Å². The fraction of sp³-hybridized carbons (Fsp3) is 0.333. The standard InChI is InChI=1S/C9H10ClNO2/c1-2-11-5-3-4-7(9(11)13)6-8(10)12/h3-5H,2,6H2,1H3. The summed E-state index contributed by atoms with van der Waals surface area (Å²) >= 11 is 5.19. The lowest BCUT2D eigenvalue weighted by molar-refractivity contribution is -0.111. The van der Waals surface area contributed by atoms with Crippen molar-refractivity contribution in [2.24, 2.45) is 0 Å². The van der Waals surface area contributed by atoms with Crippen molar-refractivity contribution < 1.29 is 4.79 Å². The Morgan fingerprint density at radius 2 is 2.31 bits per heavy atom. The monoisotopic (exact) mass is 199 g/mol. The van der Waals surface area contributed by atoms with Crippen LogP contribution in [0, 0.1) is 0 Å². The Morgan fingerprint density at radius 3 is 2.85 bits per heavy atom. The Kier molecular flexibility index (Phi) is 3.25. The van der Waals surface area contributed by atoms with E-state index in [2.05, 4.69) is 0 Å². The van der Waals surface area contributed by atoms with E-state index >= 15 is 0 Å². The van der Waals surface area contributed by atoms with E-state index in [0.717, 1.165) is 0 Å². The van der Waals surface area contributed by atoms with Gasteiger partial charge in [-0.1, -0.05) is 6.07 Å². The molecular formula is C9H10ClNO2. The maximum Gasteiger partial charge on any atom is 0.254 e. The molecule has 0 radical (unpaired) electrons. The second-order valence-corrected chi connectivity index (χ2v) is 3.08. The highest BCUT2D eigenvalue weighted by Crippen LogP contribution is 1.96. The van der Waals surface area contributed by atoms with Crippen LogP contribution in [0.25, 0.3) is 0 Å². The molecule has 1 heterocycles. The minimum atomic E-state index is -0.508. The molecule has 3 nitrogen and oxygen atoms in total. The second-order valence-electron chi connectivity index (χ2n) is 2.66. The summed E-state index contributed by atoms with van der Waals surface area (Å²) in [5, 5.41) is -0.508. The predicted octanol–water partition coefficient (Wildman–Crippen LogP) is 1.18. The lowest BCUT2D eigenvalue weighted by Crippen LogP contribution is -2.22. The molecule has 0 aliphatic heterocycles. The molecule has 1 rings (SSSR count). The molecule has 0 saturated heterocycles. The van der Waals surface area contributed by atoms with Crippen molar-refractivity contribution in [1.82, 2.24) is 4.57 Å². The molecule has 0 amide bonds. The van der Waals surface area contributed by atoms with Gasteiger partial charge < -0.3 is 4.57 Å². The maximum absolute atomic E-state index is 11.5. The Hall–Kier alpha value is -1.09. The number of aromatic nitrogens is 1. The van der Waals surface area contributed by atoms with E-state index in [1.807, 2.05) is 6.92 Å². The van der Waals surface area contributed by atoms with Gasteiger partial charge in [-0.25, -0.2) is 0 Å². The van der Waals surface area contributed by atoms with Crippen molar-refractivity contribution in [3.8, 4) is 0 Å². The first-order chi connectivity index (χ1) is 6.15. The van der Waals surface area contributed by atoms with Gasteiger partial charge in [0.25, 0.3) is 5.56 Å². The lowest BCUT2D eigenvalue weighted by Gasteiger charge is -2.02. The molecular weight excluding hydrogens is 190 g/mol. The SMILES string of the molecule is CCn1cccc(CC(=O)Cl)c1=O. The summed E-state index contributed by atoms with van der Waals surface area (Å²) in [5.74, 6) is 0. The minimum absolute atomic E-state index is 0.00122. The number of hydrogen-bond acceptors (Lipinski definition) is 2. The number of aryl methyl sites for hydroxylation is 1. The van der Waals surface area contributed by atoms with Crippen LogP contribution >= 0.6 is 11.6 Å². The third kappa shape index (κ3) is 2.42. The topological polar surface area (TPSA) is 39.1 Å². The quantitative estimate of drug-likeness (QED) is 0.686. The molecule has 13 heavy (non-hydrogen) atoms. The van der Waals surface area contributed by atoms with Crippen LogP contribution < -0.4 is 5.56 Å². The fourth-order valence-electron chi connectivity index (χ4n) is 1.12. The molecule has 0 atom stereocenters. The summed E-state index contributed by atoms with van der Waals surface area (Å²) in [6.45, 7) is 2.47. The molecule has 0 N–H and O–H groups in total. The molecule has 1 aromatic rings. The zero-order valence-corrected chi connectivity index (χ0v) is 8.04. The van der Waals surface area contributed by atoms with Gasteiger partial charge in [0.05, 0.1) is 6.42 Å². The summed E-state index contributed by atoms with van der Waals surface area (Å²) in [5.41, 5.74) is 0.309. The van der Waals surface area contributed by atoms with Crippen LogP contribution in [0.2, 0.25) is 0 Å². The molecule has 0 spiro atoms. The smallest absolute Gasteiger partial charge is 0.254 e. The first-order valence-electron chi connectivity index (χ1n) is 4.01. The van der Waals surface area contributed by atoms with Crippen LogP contribution in [-0.2, 0) is 17.8 Å². The van der Waals surface area contributed by atoms with E-state index in [-0.39, 0.29) is 12.0 Å². The third-order valence-electron chi connectivity index (χ3n) is 1.77. The first-order valence-corrected chi connectivity index (χ1v) is 4.39. The van der Waals surface area contributed by atoms with Gasteiger partial charge >= 0.3 is 0 Å². The van der Waals surface area contributed by atoms with Crippen molar-refractivity contribution >= 4 is 16.8 Å². The Balaban J connectivity index is 3.09. The van der Waals surface area contributed by atoms with E-state index in [9.17, 15) is 9.59 Å². The van der Waals surface area contributed by atoms with Crippen LogP contribution in [0.3, 0.4) is 0 Å². The molecule has 0 bridgehead atoms. The van der Waals surface area contributed by atoms with Crippen molar-refractivity contribution in [2.45, 2.75) is 19.9 Å². The zero-order chi connectivity index (χ0) is 9.84. The highest BCUT2D eigenvalue weighted by molar-refractivity contribution is 6.63. The van der Waals surface area contributed by atoms with Gasteiger partial charge in [0.2, 0.25) is 5.24 Å². The maximum atomic E-state index is 11.5. The summed E-state index contributed by atoms with van der Waals surface area (Å²) in [6, 6.07) is 3.36. The largest absolute Gasteiger partial charge is 0.316 e. The van der Waals surface area contributed by atoms with E-state index < -0.39 is 5.24 Å². The molecule has 0 aliphatic rings. The van der Waals surface area contributed by atoms with Crippen LogP contribution in [-0.4, -0.2) is 9.81 Å². The molecule has 0 unspecified atom stereocenters. The van der Waals surface area contributed by atoms with Gasteiger partial charge in [0.1, 0.15) is 0 Å². The van der Waals surface area contributed by atoms with Crippen molar-refractivity contribution in [3.05, 3.63) is 34.2 Å². The van der Waals surface area contributed by atoms with E-state index in [1.54, 1.807) is 18.3 Å². The Bertz CT molecular complexity index is 370. The highest BCUT2D eigenvalue weighted by Gasteiger charge is 2.05. The van der Waals surface area contributed by atoms with Crippen LogP contribution in [0.15, 0.2) is 23.1 Å². The van der Waals surface area contributed by atoms with Gasteiger partial charge in [-0.05, 0) is 24.6 Å². The minimum Gasteiger partial charge on any atom is -0.316 e. The summed E-state index contributed by atoms with van der Waals surface area (Å²) < 4.78 is 1.54. The molecule has 70 valence electrons. The van der Waals surface area contributed by atoms with Crippen LogP contribution in [0.5, 0.6) is 0 Å². The lowest BCUT2D eigenvalue weighted by atomic mass is 10.2. The summed E-state index contributed by atoms with van der Waals surface area (Å²) in [4.78, 5) is 22.1. The highest BCUT2D eigenvalue weighted by atomic mass is 35.5. The number of carbonyl (C=O) groups excluding carboxylic acids is 1. The Morgan fingerprint density at radius 1 is 1.62 bits per heavy atom. The molecule has 0 aliphatic carbocycles. The first kappa shape index (κ1) is 9.99. The number of pyridine rings is 1. The normalized spacial score (nSPS) is 10.0. The molecule has 4 heteroatoms. The van der Waals surface area contributed by atoms with Gasteiger partial charge in [-0.2, -0.15) is 0 Å². The van der Waals surface area contributed by atoms with Gasteiger partial charge in [0, 0.05) is 18.3 Å². The van der Waals surface area contributed by atoms with Crippen molar-refractivity contribution in [1.29, 1.82) is 0 Å². The van der Waals surface area contributed by atoms with Crippen LogP contribution in [0.1, 0.15) is 12.5 Å². The number of rotatable bonds is 3. The van der Waals surface area contributed by atoms with Crippen LogP contribution in [0.4, 0.5) is 0 Å². The Labute approximate surface area is 80.9 Å². The third-order valence-corrected chi connectivity index (χ3v) is 1.90. The molecule has 1 aromatic heterocycles. The van der Waals surface area contributed by atoms with E-state index in [0.29, 0.717) is 12.1 Å². The zero-order valence-electron chi connectivity index (χ0n) is 7.29. The van der Waals surface area contributed by atoms with Crippen molar-refractivity contribution in [3.63, 3.8) is 0 Å². The molecule has 0 aromatic carbocycles. The predicted molar refractivity (Wildman–Crippen MR) is 50.9 cm³/mol. The number of hydrogen-bond donors (Lipinski definition) is 0. The van der Waals surface area contributed by atoms with Crippen molar-refractivity contribution in [2.75, 3.05) is 0 Å². The second kappa shape index (κ2) is 4.23. The molecule has 0 fully saturated rings. The summed E-state index contributed by atoms with van der Waals surface area (Å²) in [6.07, 6.45) is 1.69.